The molecule has 6 nitrogen and oxygen atoms in total. The average molecular weight is 426 g/mol. The molecule has 2 fully saturated rings. The third-order valence-corrected chi connectivity index (χ3v) is 6.04. The quantitative estimate of drug-likeness (QED) is 0.537. The third kappa shape index (κ3) is 4.15. The SMILES string of the molecule is C=NN/C(=C\C)c1ccc(F)cc1C(=O)N1C2CCC1C(COc1ccc(F)cn1)C2. The molecule has 1 aromatic carbocycles. The summed E-state index contributed by atoms with van der Waals surface area (Å²) in [5.41, 5.74) is 4.24. The highest BCUT2D eigenvalue weighted by molar-refractivity contribution is 5.99. The van der Waals surface area contributed by atoms with Crippen LogP contribution in [0.4, 0.5) is 8.78 Å². The lowest BCUT2D eigenvalue weighted by Gasteiger charge is -2.26. The van der Waals surface area contributed by atoms with Crippen molar-refractivity contribution in [1.82, 2.24) is 15.3 Å². The Hall–Kier alpha value is -3.29. The maximum Gasteiger partial charge on any atom is 0.255 e. The number of aromatic nitrogens is 1. The van der Waals surface area contributed by atoms with Crippen molar-refractivity contribution in [3.05, 3.63) is 65.4 Å². The van der Waals surface area contributed by atoms with Gasteiger partial charge in [0.1, 0.15) is 11.6 Å². The molecule has 31 heavy (non-hydrogen) atoms. The van der Waals surface area contributed by atoms with Gasteiger partial charge in [0, 0.05) is 36.3 Å². The van der Waals surface area contributed by atoms with Gasteiger partial charge in [-0.05, 0) is 50.5 Å². The summed E-state index contributed by atoms with van der Waals surface area (Å²) in [5.74, 6) is -0.593. The number of hydrogen-bond donors (Lipinski definition) is 1. The standard InChI is InChI=1S/C23H24F2N4O2/c1-3-20(28-26-2)18-7-4-15(24)11-19(18)23(30)29-17-6-8-21(29)14(10-17)13-31-22-9-5-16(25)12-27-22/h3-5,7,9,11-12,14,17,21,28H,2,6,8,10,13H2,1H3/b20-3-. The van der Waals surface area contributed by atoms with Crippen LogP contribution in [0.1, 0.15) is 42.1 Å². The topological polar surface area (TPSA) is 66.8 Å². The van der Waals surface area contributed by atoms with Crippen molar-refractivity contribution >= 4 is 18.3 Å². The van der Waals surface area contributed by atoms with E-state index in [0.717, 1.165) is 25.5 Å². The van der Waals surface area contributed by atoms with Gasteiger partial charge in [0.2, 0.25) is 5.88 Å². The molecule has 2 aromatic rings. The fourth-order valence-electron chi connectivity index (χ4n) is 4.68. The molecule has 0 radical (unpaired) electrons. The second-order valence-corrected chi connectivity index (χ2v) is 7.79. The number of pyridine rings is 1. The number of benzene rings is 1. The Labute approximate surface area is 179 Å². The third-order valence-electron chi connectivity index (χ3n) is 6.04. The number of rotatable bonds is 7. The summed E-state index contributed by atoms with van der Waals surface area (Å²) in [6.45, 7) is 5.62. The number of carbonyl (C=O) groups excluding carboxylic acids is 1. The maximum atomic E-state index is 14.1. The van der Waals surface area contributed by atoms with Gasteiger partial charge in [-0.2, -0.15) is 5.10 Å². The van der Waals surface area contributed by atoms with Crippen LogP contribution in [-0.4, -0.2) is 41.2 Å². The summed E-state index contributed by atoms with van der Waals surface area (Å²) < 4.78 is 32.9. The second-order valence-electron chi connectivity index (χ2n) is 7.79. The first kappa shape index (κ1) is 21.0. The van der Waals surface area contributed by atoms with E-state index < -0.39 is 11.6 Å². The number of ether oxygens (including phenoxy) is 1. The summed E-state index contributed by atoms with van der Waals surface area (Å²) in [4.78, 5) is 19.3. The Bertz CT molecular complexity index is 1010. The van der Waals surface area contributed by atoms with Crippen LogP contribution < -0.4 is 10.2 Å². The zero-order valence-corrected chi connectivity index (χ0v) is 17.2. The minimum absolute atomic E-state index is 0.00797. The number of hydrazone groups is 1. The van der Waals surface area contributed by atoms with Gasteiger partial charge in [0.25, 0.3) is 5.91 Å². The molecule has 2 saturated heterocycles. The van der Waals surface area contributed by atoms with Crippen LogP contribution >= 0.6 is 0 Å². The van der Waals surface area contributed by atoms with Crippen molar-refractivity contribution in [3.63, 3.8) is 0 Å². The number of carbonyl (C=O) groups is 1. The van der Waals surface area contributed by atoms with Crippen LogP contribution in [0.2, 0.25) is 0 Å². The van der Waals surface area contributed by atoms with E-state index in [0.29, 0.717) is 29.3 Å². The van der Waals surface area contributed by atoms with Crippen molar-refractivity contribution in [2.45, 2.75) is 38.3 Å². The Balaban J connectivity index is 1.54. The molecule has 8 heteroatoms. The smallest absolute Gasteiger partial charge is 0.255 e. The average Bonchev–Trinajstić information content (AvgIpc) is 3.35. The number of amides is 1. The van der Waals surface area contributed by atoms with Crippen LogP contribution in [-0.2, 0) is 0 Å². The largest absolute Gasteiger partial charge is 0.477 e. The fraction of sp³-hybridized carbons (Fsp3) is 0.348. The van der Waals surface area contributed by atoms with Crippen molar-refractivity contribution in [2.24, 2.45) is 11.0 Å². The van der Waals surface area contributed by atoms with Crippen LogP contribution in [0.5, 0.6) is 5.88 Å². The first-order valence-electron chi connectivity index (χ1n) is 10.3. The molecule has 0 spiro atoms. The number of nitrogens with zero attached hydrogens (tertiary/aromatic N) is 3. The number of nitrogens with one attached hydrogen (secondary N) is 1. The molecule has 0 aliphatic carbocycles. The van der Waals surface area contributed by atoms with Gasteiger partial charge < -0.3 is 9.64 Å². The van der Waals surface area contributed by atoms with Gasteiger partial charge in [-0.15, -0.1) is 0 Å². The minimum atomic E-state index is -0.470. The van der Waals surface area contributed by atoms with E-state index in [9.17, 15) is 13.6 Å². The fourth-order valence-corrected chi connectivity index (χ4v) is 4.68. The van der Waals surface area contributed by atoms with Gasteiger partial charge in [0.05, 0.1) is 24.1 Å². The number of fused-ring (bicyclic) bond motifs is 2. The summed E-state index contributed by atoms with van der Waals surface area (Å²) >= 11 is 0. The Morgan fingerprint density at radius 1 is 1.29 bits per heavy atom. The zero-order valence-electron chi connectivity index (χ0n) is 17.2. The van der Waals surface area contributed by atoms with Crippen LogP contribution in [0.3, 0.4) is 0 Å². The predicted molar refractivity (Wildman–Crippen MR) is 114 cm³/mol. The first-order chi connectivity index (χ1) is 15.0. The molecule has 162 valence electrons. The molecule has 2 aliphatic heterocycles. The molecule has 3 unspecified atom stereocenters. The van der Waals surface area contributed by atoms with E-state index in [1.807, 2.05) is 11.8 Å². The van der Waals surface area contributed by atoms with Gasteiger partial charge in [0.15, 0.2) is 0 Å². The molecule has 3 atom stereocenters. The highest BCUT2D eigenvalue weighted by Crippen LogP contribution is 2.43. The van der Waals surface area contributed by atoms with Crippen LogP contribution in [0.15, 0.2) is 47.7 Å². The lowest BCUT2D eigenvalue weighted by atomic mass is 9.90. The van der Waals surface area contributed by atoms with Crippen molar-refractivity contribution in [1.29, 1.82) is 0 Å². The molecule has 2 aliphatic rings. The van der Waals surface area contributed by atoms with E-state index in [-0.39, 0.29) is 23.9 Å². The minimum Gasteiger partial charge on any atom is -0.477 e. The summed E-state index contributed by atoms with van der Waals surface area (Å²) in [5, 5.41) is 3.68. The molecular formula is C23H24F2N4O2. The molecule has 3 heterocycles. The van der Waals surface area contributed by atoms with E-state index in [2.05, 4.69) is 22.2 Å². The molecule has 0 saturated carbocycles. The summed E-state index contributed by atoms with van der Waals surface area (Å²) in [7, 11) is 0. The molecule has 1 amide bonds. The Morgan fingerprint density at radius 2 is 2.10 bits per heavy atom. The predicted octanol–water partition coefficient (Wildman–Crippen LogP) is 4.00. The molecule has 1 aromatic heterocycles. The molecule has 2 bridgehead atoms. The maximum absolute atomic E-state index is 14.1. The van der Waals surface area contributed by atoms with Crippen molar-refractivity contribution < 1.29 is 18.3 Å². The first-order valence-corrected chi connectivity index (χ1v) is 10.3. The Kier molecular flexibility index (Phi) is 5.97. The molecular weight excluding hydrogens is 402 g/mol. The number of allylic oxidation sites excluding steroid dienone is 1. The second kappa shape index (κ2) is 8.83. The number of hydrogen-bond acceptors (Lipinski definition) is 5. The lowest BCUT2D eigenvalue weighted by Crippen LogP contribution is -2.38. The number of halogens is 2. The van der Waals surface area contributed by atoms with E-state index in [1.54, 1.807) is 12.1 Å². The van der Waals surface area contributed by atoms with Crippen molar-refractivity contribution in [2.75, 3.05) is 6.61 Å². The lowest BCUT2D eigenvalue weighted by molar-refractivity contribution is 0.0709. The Morgan fingerprint density at radius 3 is 2.81 bits per heavy atom. The highest BCUT2D eigenvalue weighted by Gasteiger charge is 2.49. The zero-order chi connectivity index (χ0) is 22.0. The van der Waals surface area contributed by atoms with Gasteiger partial charge in [-0.25, -0.2) is 13.8 Å². The summed E-state index contributed by atoms with van der Waals surface area (Å²) in [6, 6.07) is 7.06. The monoisotopic (exact) mass is 426 g/mol. The van der Waals surface area contributed by atoms with Crippen LogP contribution in [0.25, 0.3) is 5.70 Å². The van der Waals surface area contributed by atoms with Gasteiger partial charge in [-0.3, -0.25) is 10.2 Å². The van der Waals surface area contributed by atoms with E-state index in [1.165, 1.54) is 24.3 Å². The normalized spacial score (nSPS) is 22.5. The van der Waals surface area contributed by atoms with E-state index >= 15 is 0 Å². The van der Waals surface area contributed by atoms with E-state index in [4.69, 9.17) is 4.74 Å². The highest BCUT2D eigenvalue weighted by atomic mass is 19.1. The van der Waals surface area contributed by atoms with Crippen molar-refractivity contribution in [3.8, 4) is 5.88 Å². The van der Waals surface area contributed by atoms with Gasteiger partial charge in [-0.1, -0.05) is 6.08 Å². The molecule has 4 rings (SSSR count). The summed E-state index contributed by atoms with van der Waals surface area (Å²) in [6.07, 6.45) is 5.47. The molecule has 1 N–H and O–H groups in total. The van der Waals surface area contributed by atoms with Gasteiger partial charge >= 0.3 is 0 Å². The van der Waals surface area contributed by atoms with Crippen LogP contribution in [0, 0.1) is 17.6 Å².